The fourth-order valence-electron chi connectivity index (χ4n) is 2.35. The minimum Gasteiger partial charge on any atom is -0.397 e. The number of aromatic amines is 1. The van der Waals surface area contributed by atoms with Crippen molar-refractivity contribution in [2.24, 2.45) is 0 Å². The van der Waals surface area contributed by atoms with Crippen LogP contribution < -0.4 is 4.72 Å². The Kier molecular flexibility index (Phi) is 11.6. The number of nitrogens with one attached hydrogen (secondary N) is 2. The summed E-state index contributed by atoms with van der Waals surface area (Å²) in [5.74, 6) is -0.108. The molecule has 31 heavy (non-hydrogen) atoms. The molecule has 0 bridgehead atoms. The van der Waals surface area contributed by atoms with Gasteiger partial charge in [-0.15, -0.1) is 0 Å². The van der Waals surface area contributed by atoms with E-state index in [-0.39, 0.29) is 19.1 Å². The maximum Gasteiger partial charge on any atom is 0.269 e. The number of aliphatic hydroxyl groups excluding tert-OH is 2. The number of carbonyl (C=O) groups is 1. The van der Waals surface area contributed by atoms with Crippen LogP contribution in [0.4, 0.5) is 5.69 Å². The Labute approximate surface area is 194 Å². The SMILES string of the molecule is CCO.CCO.CN(C)C(=O)c1cc2cc(NS(=O)c3cc(Cl)cc(Cl)c3)ccc2[nH]1. The van der Waals surface area contributed by atoms with Crippen molar-refractivity contribution in [3.8, 4) is 0 Å². The van der Waals surface area contributed by atoms with E-state index in [0.29, 0.717) is 26.3 Å². The minimum atomic E-state index is -1.51. The number of rotatable bonds is 4. The molecule has 0 radical (unpaired) electrons. The lowest BCUT2D eigenvalue weighted by Gasteiger charge is -2.07. The summed E-state index contributed by atoms with van der Waals surface area (Å²) in [6.45, 7) is 3.86. The predicted molar refractivity (Wildman–Crippen MR) is 128 cm³/mol. The number of carbonyl (C=O) groups excluding carboxylic acids is 1. The fourth-order valence-corrected chi connectivity index (χ4v) is 3.94. The lowest BCUT2D eigenvalue weighted by Crippen LogP contribution is -2.21. The molecule has 3 aromatic rings. The summed E-state index contributed by atoms with van der Waals surface area (Å²) in [6, 6.07) is 12.0. The monoisotopic (exact) mass is 487 g/mol. The molecule has 3 rings (SSSR count). The molecule has 0 saturated carbocycles. The number of anilines is 1. The topological polar surface area (TPSA) is 106 Å². The summed E-state index contributed by atoms with van der Waals surface area (Å²) in [5, 5.41) is 16.8. The van der Waals surface area contributed by atoms with E-state index in [9.17, 15) is 9.00 Å². The first kappa shape index (κ1) is 26.9. The molecule has 2 aromatic carbocycles. The zero-order valence-corrected chi connectivity index (χ0v) is 20.1. The highest BCUT2D eigenvalue weighted by Crippen LogP contribution is 2.24. The van der Waals surface area contributed by atoms with Crippen LogP contribution in [-0.4, -0.2) is 57.5 Å². The number of hydrogen-bond donors (Lipinski definition) is 4. The second-order valence-electron chi connectivity index (χ2n) is 6.29. The third-order valence-corrected chi connectivity index (χ3v) is 5.04. The molecule has 1 aromatic heterocycles. The van der Waals surface area contributed by atoms with E-state index in [1.807, 2.05) is 12.1 Å². The first-order valence-corrected chi connectivity index (χ1v) is 11.3. The van der Waals surface area contributed by atoms with Crippen molar-refractivity contribution in [2.45, 2.75) is 18.7 Å². The van der Waals surface area contributed by atoms with Gasteiger partial charge in [-0.1, -0.05) is 23.2 Å². The first-order chi connectivity index (χ1) is 14.7. The van der Waals surface area contributed by atoms with Crippen molar-refractivity contribution in [3.05, 3.63) is 58.2 Å². The Bertz CT molecular complexity index is 1000. The quantitative estimate of drug-likeness (QED) is 0.439. The Morgan fingerprint density at radius 1 is 1.03 bits per heavy atom. The number of benzene rings is 2. The van der Waals surface area contributed by atoms with E-state index in [2.05, 4.69) is 9.71 Å². The normalized spacial score (nSPS) is 11.0. The van der Waals surface area contributed by atoms with E-state index in [0.717, 1.165) is 10.9 Å². The van der Waals surface area contributed by atoms with Crippen LogP contribution in [0.2, 0.25) is 10.0 Å². The fraction of sp³-hybridized carbons (Fsp3) is 0.286. The molecule has 0 aliphatic rings. The van der Waals surface area contributed by atoms with E-state index in [4.69, 9.17) is 33.4 Å². The molecule has 0 saturated heterocycles. The number of aromatic nitrogens is 1. The maximum atomic E-state index is 12.5. The Morgan fingerprint density at radius 2 is 1.58 bits per heavy atom. The van der Waals surface area contributed by atoms with Gasteiger partial charge in [-0.2, -0.15) is 0 Å². The predicted octanol–water partition coefficient (Wildman–Crippen LogP) is 4.31. The van der Waals surface area contributed by atoms with Crippen LogP contribution in [0.25, 0.3) is 10.9 Å². The summed E-state index contributed by atoms with van der Waals surface area (Å²) in [6.07, 6.45) is 0. The Morgan fingerprint density at radius 3 is 2.10 bits per heavy atom. The molecule has 170 valence electrons. The number of aliphatic hydroxyl groups is 2. The molecule has 1 heterocycles. The van der Waals surface area contributed by atoms with Gasteiger partial charge in [0, 0.05) is 53.9 Å². The molecule has 0 spiro atoms. The molecular weight excluding hydrogens is 461 g/mol. The molecule has 1 atom stereocenters. The van der Waals surface area contributed by atoms with Crippen molar-refractivity contribution >= 4 is 56.7 Å². The van der Waals surface area contributed by atoms with Crippen LogP contribution in [0.3, 0.4) is 0 Å². The molecular formula is C21H27Cl2N3O4S. The molecule has 1 unspecified atom stereocenters. The Hall–Kier alpha value is -2.10. The highest BCUT2D eigenvalue weighted by molar-refractivity contribution is 7.86. The number of hydrogen-bond acceptors (Lipinski definition) is 4. The second kappa shape index (κ2) is 13.3. The first-order valence-electron chi connectivity index (χ1n) is 9.37. The van der Waals surface area contributed by atoms with E-state index in [1.165, 1.54) is 4.90 Å². The number of amides is 1. The van der Waals surface area contributed by atoms with Gasteiger partial charge in [-0.3, -0.25) is 4.79 Å². The number of halogens is 2. The highest BCUT2D eigenvalue weighted by atomic mass is 35.5. The molecule has 0 aliphatic heterocycles. The average molecular weight is 488 g/mol. The van der Waals surface area contributed by atoms with Crippen LogP contribution in [0.5, 0.6) is 0 Å². The Balaban J connectivity index is 0.000000720. The summed E-state index contributed by atoms with van der Waals surface area (Å²) >= 11 is 11.9. The van der Waals surface area contributed by atoms with Crippen molar-refractivity contribution in [3.63, 3.8) is 0 Å². The van der Waals surface area contributed by atoms with Gasteiger partial charge in [0.15, 0.2) is 0 Å². The van der Waals surface area contributed by atoms with Crippen LogP contribution >= 0.6 is 23.2 Å². The molecule has 0 aliphatic carbocycles. The lowest BCUT2D eigenvalue weighted by molar-refractivity contribution is 0.0823. The minimum absolute atomic E-state index is 0.108. The van der Waals surface area contributed by atoms with Gasteiger partial charge < -0.3 is 24.8 Å². The number of nitrogens with zero attached hydrogens (tertiary/aromatic N) is 1. The third-order valence-electron chi connectivity index (χ3n) is 3.52. The van der Waals surface area contributed by atoms with Gasteiger partial charge in [0.05, 0.1) is 4.90 Å². The highest BCUT2D eigenvalue weighted by Gasteiger charge is 2.12. The van der Waals surface area contributed by atoms with Crippen molar-refractivity contribution in [1.82, 2.24) is 9.88 Å². The zero-order valence-electron chi connectivity index (χ0n) is 17.8. The van der Waals surface area contributed by atoms with E-state index < -0.39 is 11.0 Å². The van der Waals surface area contributed by atoms with Crippen molar-refractivity contribution < 1.29 is 19.2 Å². The molecule has 0 fully saturated rings. The molecule has 7 nitrogen and oxygen atoms in total. The maximum absolute atomic E-state index is 12.5. The third kappa shape index (κ3) is 8.51. The smallest absolute Gasteiger partial charge is 0.269 e. The van der Waals surface area contributed by atoms with Crippen LogP contribution in [-0.2, 0) is 11.0 Å². The molecule has 1 amide bonds. The number of fused-ring (bicyclic) bond motifs is 1. The number of H-pyrrole nitrogens is 1. The second-order valence-corrected chi connectivity index (χ2v) is 8.38. The van der Waals surface area contributed by atoms with Gasteiger partial charge >= 0.3 is 0 Å². The summed E-state index contributed by atoms with van der Waals surface area (Å²) < 4.78 is 15.4. The van der Waals surface area contributed by atoms with Gasteiger partial charge in [0.25, 0.3) is 5.91 Å². The van der Waals surface area contributed by atoms with Crippen molar-refractivity contribution in [1.29, 1.82) is 0 Å². The van der Waals surface area contributed by atoms with Crippen LogP contribution in [0, 0.1) is 0 Å². The van der Waals surface area contributed by atoms with E-state index >= 15 is 0 Å². The van der Waals surface area contributed by atoms with Gasteiger partial charge in [-0.25, -0.2) is 4.21 Å². The summed E-state index contributed by atoms with van der Waals surface area (Å²) in [4.78, 5) is 17.1. The van der Waals surface area contributed by atoms with Crippen LogP contribution in [0.15, 0.2) is 47.4 Å². The van der Waals surface area contributed by atoms with Gasteiger partial charge in [0.2, 0.25) is 0 Å². The summed E-state index contributed by atoms with van der Waals surface area (Å²) in [5.41, 5.74) is 1.98. The summed E-state index contributed by atoms with van der Waals surface area (Å²) in [7, 11) is 1.88. The standard InChI is InChI=1S/C17H15Cl2N3O2S.2C2H6O/c1-22(2)17(23)16-6-10-5-13(3-4-15(10)20-16)21-25(24)14-8-11(18)7-12(19)9-14;2*1-2-3/h3-9,20-21H,1-2H3;2*3H,2H2,1H3. The molecule has 4 N–H and O–H groups in total. The van der Waals surface area contributed by atoms with Crippen LogP contribution in [0.1, 0.15) is 24.3 Å². The van der Waals surface area contributed by atoms with Gasteiger partial charge in [-0.05, 0) is 56.3 Å². The van der Waals surface area contributed by atoms with Gasteiger partial charge in [0.1, 0.15) is 16.7 Å². The van der Waals surface area contributed by atoms with E-state index in [1.54, 1.807) is 58.3 Å². The molecule has 10 heteroatoms. The van der Waals surface area contributed by atoms with Crippen molar-refractivity contribution in [2.75, 3.05) is 32.0 Å². The average Bonchev–Trinajstić information content (AvgIpc) is 3.11. The lowest BCUT2D eigenvalue weighted by atomic mass is 10.2. The largest absolute Gasteiger partial charge is 0.397 e. The zero-order chi connectivity index (χ0) is 23.6.